The molecule has 0 N–H and O–H groups in total. The van der Waals surface area contributed by atoms with Gasteiger partial charge in [0.25, 0.3) is 0 Å². The topological polar surface area (TPSA) is 17.1 Å². The minimum Gasteiger partial charge on any atom is -0.299 e. The van der Waals surface area contributed by atoms with Gasteiger partial charge in [0.15, 0.2) is 0 Å². The van der Waals surface area contributed by atoms with E-state index in [1.807, 2.05) is 30.3 Å². The van der Waals surface area contributed by atoms with E-state index in [1.54, 1.807) is 0 Å². The minimum absolute atomic E-state index is 0.324. The molecule has 0 spiro atoms. The standard InChI is InChI=1S/C26H26O/c1-2-19-8-10-20(11-9-19)18-24(27)16-14-23-15-17-25(26(23)22-12-13-22)21-6-4-3-5-7-21/h2-11,15,17,22,26H,1,12-14,16,18H2. The molecule has 2 aromatic carbocycles. The summed E-state index contributed by atoms with van der Waals surface area (Å²) in [4.78, 5) is 12.5. The molecule has 1 unspecified atom stereocenters. The number of rotatable bonds is 8. The predicted octanol–water partition coefficient (Wildman–Crippen LogP) is 6.27. The van der Waals surface area contributed by atoms with E-state index in [1.165, 1.54) is 29.6 Å². The van der Waals surface area contributed by atoms with Crippen LogP contribution in [-0.2, 0) is 11.2 Å². The summed E-state index contributed by atoms with van der Waals surface area (Å²) in [6.45, 7) is 3.77. The first kappa shape index (κ1) is 17.7. The number of carbonyl (C=O) groups excluding carboxylic acids is 1. The maximum Gasteiger partial charge on any atom is 0.137 e. The molecule has 136 valence electrons. The monoisotopic (exact) mass is 354 g/mol. The van der Waals surface area contributed by atoms with Crippen LogP contribution in [0.2, 0.25) is 0 Å². The van der Waals surface area contributed by atoms with Gasteiger partial charge in [0.05, 0.1) is 0 Å². The molecule has 27 heavy (non-hydrogen) atoms. The molecule has 0 aliphatic heterocycles. The van der Waals surface area contributed by atoms with Crippen molar-refractivity contribution in [3.8, 4) is 0 Å². The fraction of sp³-hybridized carbons (Fsp3) is 0.269. The molecule has 0 radical (unpaired) electrons. The first-order chi connectivity index (χ1) is 13.2. The minimum atomic E-state index is 0.324. The lowest BCUT2D eigenvalue weighted by molar-refractivity contribution is -0.118. The van der Waals surface area contributed by atoms with Crippen molar-refractivity contribution in [3.05, 3.63) is 95.6 Å². The van der Waals surface area contributed by atoms with Crippen LogP contribution in [0.5, 0.6) is 0 Å². The molecule has 2 aromatic rings. The molecule has 1 heteroatoms. The summed E-state index contributed by atoms with van der Waals surface area (Å²) < 4.78 is 0. The van der Waals surface area contributed by atoms with Gasteiger partial charge in [-0.1, -0.05) is 85.0 Å². The van der Waals surface area contributed by atoms with Crippen molar-refractivity contribution < 1.29 is 4.79 Å². The van der Waals surface area contributed by atoms with Crippen molar-refractivity contribution in [1.82, 2.24) is 0 Å². The third-order valence-electron chi connectivity index (χ3n) is 5.72. The lowest BCUT2D eigenvalue weighted by atomic mass is 9.84. The molecule has 0 heterocycles. The molecule has 0 aromatic heterocycles. The van der Waals surface area contributed by atoms with E-state index in [2.05, 4.69) is 49.1 Å². The van der Waals surface area contributed by atoms with Crippen molar-refractivity contribution in [3.63, 3.8) is 0 Å². The smallest absolute Gasteiger partial charge is 0.137 e. The molecule has 1 atom stereocenters. The molecule has 1 fully saturated rings. The highest BCUT2D eigenvalue weighted by atomic mass is 16.1. The van der Waals surface area contributed by atoms with Gasteiger partial charge < -0.3 is 0 Å². The summed E-state index contributed by atoms with van der Waals surface area (Å²) in [5.41, 5.74) is 6.41. The number of hydrogen-bond donors (Lipinski definition) is 0. The summed E-state index contributed by atoms with van der Waals surface area (Å²) in [6.07, 6.45) is 11.1. The van der Waals surface area contributed by atoms with Crippen molar-refractivity contribution in [2.75, 3.05) is 0 Å². The average Bonchev–Trinajstić information content (AvgIpc) is 3.46. The lowest BCUT2D eigenvalue weighted by Crippen LogP contribution is -2.09. The second-order valence-electron chi connectivity index (χ2n) is 7.71. The molecular weight excluding hydrogens is 328 g/mol. The van der Waals surface area contributed by atoms with Crippen LogP contribution in [0.1, 0.15) is 42.4 Å². The van der Waals surface area contributed by atoms with E-state index >= 15 is 0 Å². The van der Waals surface area contributed by atoms with Crippen LogP contribution in [0, 0.1) is 11.8 Å². The lowest BCUT2D eigenvalue weighted by Gasteiger charge is -2.19. The highest BCUT2D eigenvalue weighted by molar-refractivity contribution is 5.82. The van der Waals surface area contributed by atoms with Crippen LogP contribution >= 0.6 is 0 Å². The zero-order valence-electron chi connectivity index (χ0n) is 15.7. The Labute approximate surface area is 162 Å². The Morgan fingerprint density at radius 2 is 1.74 bits per heavy atom. The molecule has 1 saturated carbocycles. The number of hydrogen-bond acceptors (Lipinski definition) is 1. The van der Waals surface area contributed by atoms with Crippen molar-refractivity contribution >= 4 is 17.4 Å². The fourth-order valence-corrected chi connectivity index (χ4v) is 4.11. The van der Waals surface area contributed by atoms with E-state index in [9.17, 15) is 4.79 Å². The predicted molar refractivity (Wildman–Crippen MR) is 113 cm³/mol. The maximum atomic E-state index is 12.5. The van der Waals surface area contributed by atoms with Gasteiger partial charge in [-0.15, -0.1) is 0 Å². The maximum absolute atomic E-state index is 12.5. The zero-order valence-corrected chi connectivity index (χ0v) is 15.7. The number of allylic oxidation sites excluding steroid dienone is 4. The molecule has 0 amide bonds. The Kier molecular flexibility index (Phi) is 5.20. The summed E-state index contributed by atoms with van der Waals surface area (Å²) >= 11 is 0. The van der Waals surface area contributed by atoms with Gasteiger partial charge in [-0.05, 0) is 47.4 Å². The fourth-order valence-electron chi connectivity index (χ4n) is 4.11. The summed E-state index contributed by atoms with van der Waals surface area (Å²) in [7, 11) is 0. The first-order valence-electron chi connectivity index (χ1n) is 9.94. The van der Waals surface area contributed by atoms with Gasteiger partial charge in [-0.3, -0.25) is 4.79 Å². The Morgan fingerprint density at radius 3 is 2.41 bits per heavy atom. The van der Waals surface area contributed by atoms with Crippen LogP contribution < -0.4 is 0 Å². The van der Waals surface area contributed by atoms with Crippen molar-refractivity contribution in [2.45, 2.75) is 32.1 Å². The van der Waals surface area contributed by atoms with E-state index in [-0.39, 0.29) is 0 Å². The Morgan fingerprint density at radius 1 is 1.00 bits per heavy atom. The van der Waals surface area contributed by atoms with E-state index in [4.69, 9.17) is 0 Å². The van der Waals surface area contributed by atoms with Crippen LogP contribution in [0.15, 0.2) is 78.9 Å². The summed E-state index contributed by atoms with van der Waals surface area (Å²) in [6, 6.07) is 18.8. The number of carbonyl (C=O) groups is 1. The molecule has 1 nitrogen and oxygen atoms in total. The van der Waals surface area contributed by atoms with Crippen LogP contribution in [0.4, 0.5) is 0 Å². The summed E-state index contributed by atoms with van der Waals surface area (Å²) in [5, 5.41) is 0. The molecule has 0 saturated heterocycles. The van der Waals surface area contributed by atoms with Gasteiger partial charge >= 0.3 is 0 Å². The normalized spacial score (nSPS) is 18.7. The van der Waals surface area contributed by atoms with E-state index in [0.29, 0.717) is 24.5 Å². The number of Topliss-reactive ketones (excluding diaryl/α,β-unsaturated/α-hetero) is 1. The van der Waals surface area contributed by atoms with E-state index < -0.39 is 0 Å². The SMILES string of the molecule is C=Cc1ccc(CC(=O)CCC2=CC=C(c3ccccc3)C2C2CC2)cc1. The average molecular weight is 354 g/mol. The molecule has 4 rings (SSSR count). The van der Waals surface area contributed by atoms with Gasteiger partial charge in [-0.25, -0.2) is 0 Å². The zero-order chi connectivity index (χ0) is 18.6. The quantitative estimate of drug-likeness (QED) is 0.546. The third kappa shape index (κ3) is 4.19. The second kappa shape index (κ2) is 7.92. The number of benzene rings is 2. The van der Waals surface area contributed by atoms with Gasteiger partial charge in [0.2, 0.25) is 0 Å². The van der Waals surface area contributed by atoms with Crippen LogP contribution in [-0.4, -0.2) is 5.78 Å². The molecule has 0 bridgehead atoms. The molecule has 2 aliphatic carbocycles. The van der Waals surface area contributed by atoms with Crippen LogP contribution in [0.3, 0.4) is 0 Å². The second-order valence-corrected chi connectivity index (χ2v) is 7.71. The Balaban J connectivity index is 1.36. The van der Waals surface area contributed by atoms with Gasteiger partial charge in [0, 0.05) is 18.8 Å². The highest BCUT2D eigenvalue weighted by Gasteiger charge is 2.37. The summed E-state index contributed by atoms with van der Waals surface area (Å²) in [5.74, 6) is 1.61. The highest BCUT2D eigenvalue weighted by Crippen LogP contribution is 2.50. The van der Waals surface area contributed by atoms with Crippen molar-refractivity contribution in [1.29, 1.82) is 0 Å². The molecule has 2 aliphatic rings. The van der Waals surface area contributed by atoms with E-state index in [0.717, 1.165) is 23.5 Å². The Hall–Kier alpha value is -2.67. The first-order valence-corrected chi connectivity index (χ1v) is 9.94. The third-order valence-corrected chi connectivity index (χ3v) is 5.72. The largest absolute Gasteiger partial charge is 0.299 e. The van der Waals surface area contributed by atoms with Gasteiger partial charge in [-0.2, -0.15) is 0 Å². The number of ketones is 1. The van der Waals surface area contributed by atoms with Crippen LogP contribution in [0.25, 0.3) is 11.6 Å². The molecular formula is C26H26O. The Bertz CT molecular complexity index is 880. The van der Waals surface area contributed by atoms with Gasteiger partial charge in [0.1, 0.15) is 5.78 Å². The van der Waals surface area contributed by atoms with Crippen molar-refractivity contribution in [2.24, 2.45) is 11.8 Å².